The first kappa shape index (κ1) is 19.7. The third-order valence-corrected chi connectivity index (χ3v) is 6.45. The van der Waals surface area contributed by atoms with Gasteiger partial charge in [-0.2, -0.15) is 0 Å². The predicted octanol–water partition coefficient (Wildman–Crippen LogP) is 2.79. The number of fused-ring (bicyclic) bond motifs is 1. The molecule has 3 atom stereocenters. The molecule has 2 N–H and O–H groups in total. The molecule has 2 fully saturated rings. The molecule has 2 aliphatic rings. The molecule has 1 aliphatic heterocycles. The molecule has 1 aromatic carbocycles. The molecule has 27 heavy (non-hydrogen) atoms. The van der Waals surface area contributed by atoms with Crippen LogP contribution in [0.15, 0.2) is 30.3 Å². The molecule has 1 saturated carbocycles. The Morgan fingerprint density at radius 1 is 1.37 bits per heavy atom. The Morgan fingerprint density at radius 2 is 2.11 bits per heavy atom. The highest BCUT2D eigenvalue weighted by Crippen LogP contribution is 2.48. The topological polar surface area (TPSA) is 72.9 Å². The number of carboxylic acid groups (broad SMARTS) is 1. The minimum Gasteiger partial charge on any atom is -0.481 e. The second-order valence-electron chi connectivity index (χ2n) is 8.20. The molecule has 148 valence electrons. The van der Waals surface area contributed by atoms with Crippen molar-refractivity contribution < 1.29 is 14.7 Å². The number of amides is 2. The van der Waals surface area contributed by atoms with Gasteiger partial charge in [-0.3, -0.25) is 9.69 Å². The summed E-state index contributed by atoms with van der Waals surface area (Å²) in [7, 11) is 2.10. The van der Waals surface area contributed by atoms with Crippen LogP contribution in [0.3, 0.4) is 0 Å². The highest BCUT2D eigenvalue weighted by atomic mass is 16.4. The Morgan fingerprint density at radius 3 is 2.78 bits per heavy atom. The quantitative estimate of drug-likeness (QED) is 0.771. The van der Waals surface area contributed by atoms with Crippen molar-refractivity contribution in [2.75, 3.05) is 26.7 Å². The lowest BCUT2D eigenvalue weighted by molar-refractivity contribution is -0.149. The average molecular weight is 373 g/mol. The zero-order valence-electron chi connectivity index (χ0n) is 16.4. The zero-order valence-corrected chi connectivity index (χ0v) is 16.4. The van der Waals surface area contributed by atoms with Crippen LogP contribution in [0.2, 0.25) is 0 Å². The fourth-order valence-corrected chi connectivity index (χ4v) is 4.54. The van der Waals surface area contributed by atoms with E-state index in [2.05, 4.69) is 36.3 Å². The second-order valence-corrected chi connectivity index (χ2v) is 8.20. The summed E-state index contributed by atoms with van der Waals surface area (Å²) in [5, 5.41) is 12.6. The summed E-state index contributed by atoms with van der Waals surface area (Å²) in [4.78, 5) is 28.2. The molecule has 0 aromatic heterocycles. The predicted molar refractivity (Wildman–Crippen MR) is 104 cm³/mol. The van der Waals surface area contributed by atoms with E-state index in [-0.39, 0.29) is 11.9 Å². The van der Waals surface area contributed by atoms with Crippen LogP contribution in [0.25, 0.3) is 0 Å². The molecular weight excluding hydrogens is 342 g/mol. The molecule has 3 rings (SSSR count). The zero-order chi connectivity index (χ0) is 19.4. The number of carbonyl (C=O) groups excluding carboxylic acids is 1. The van der Waals surface area contributed by atoms with Crippen LogP contribution in [0, 0.1) is 11.3 Å². The number of aliphatic carboxylic acids is 1. The van der Waals surface area contributed by atoms with Crippen molar-refractivity contribution in [3.8, 4) is 0 Å². The standard InChI is InChI=1S/C21H31N3O3/c1-16(23(2)13-17-7-4-3-5-8-17)10-12-22-20(27)24-14-18-9-6-11-21(18,15-24)19(25)26/h3-5,7-8,16,18H,6,9-15H2,1-2H3,(H,22,27)(H,25,26)/t16?,18-,21+/m0/s1. The summed E-state index contributed by atoms with van der Waals surface area (Å²) in [5.74, 6) is -0.631. The highest BCUT2D eigenvalue weighted by molar-refractivity contribution is 5.80. The van der Waals surface area contributed by atoms with Gasteiger partial charge in [-0.25, -0.2) is 4.79 Å². The van der Waals surface area contributed by atoms with Crippen molar-refractivity contribution in [2.24, 2.45) is 11.3 Å². The molecule has 1 heterocycles. The molecule has 1 aliphatic carbocycles. The maximum absolute atomic E-state index is 12.5. The van der Waals surface area contributed by atoms with Crippen LogP contribution in [0.1, 0.15) is 38.2 Å². The van der Waals surface area contributed by atoms with E-state index in [0.717, 1.165) is 25.8 Å². The van der Waals surface area contributed by atoms with E-state index >= 15 is 0 Å². The van der Waals surface area contributed by atoms with Crippen LogP contribution in [-0.4, -0.2) is 59.6 Å². The Hall–Kier alpha value is -2.08. The van der Waals surface area contributed by atoms with E-state index in [1.165, 1.54) is 5.56 Å². The van der Waals surface area contributed by atoms with Gasteiger partial charge in [-0.05, 0) is 44.7 Å². The van der Waals surface area contributed by atoms with E-state index in [4.69, 9.17) is 0 Å². The lowest BCUT2D eigenvalue weighted by atomic mass is 9.81. The van der Waals surface area contributed by atoms with E-state index in [1.807, 2.05) is 18.2 Å². The number of hydrogen-bond donors (Lipinski definition) is 2. The van der Waals surface area contributed by atoms with Gasteiger partial charge in [0.2, 0.25) is 0 Å². The number of rotatable bonds is 7. The maximum atomic E-state index is 12.5. The third-order valence-electron chi connectivity index (χ3n) is 6.45. The van der Waals surface area contributed by atoms with Crippen molar-refractivity contribution in [2.45, 2.75) is 45.2 Å². The molecule has 0 spiro atoms. The number of likely N-dealkylation sites (tertiary alicyclic amines) is 1. The van der Waals surface area contributed by atoms with Gasteiger partial charge in [-0.1, -0.05) is 36.8 Å². The Balaban J connectivity index is 1.42. The van der Waals surface area contributed by atoms with Crippen LogP contribution in [0.4, 0.5) is 4.79 Å². The van der Waals surface area contributed by atoms with E-state index in [1.54, 1.807) is 4.90 Å². The van der Waals surface area contributed by atoms with Gasteiger partial charge in [0, 0.05) is 32.2 Å². The lowest BCUT2D eigenvalue weighted by Crippen LogP contribution is -2.43. The first-order chi connectivity index (χ1) is 12.9. The van der Waals surface area contributed by atoms with Crippen molar-refractivity contribution in [3.05, 3.63) is 35.9 Å². The third kappa shape index (κ3) is 4.26. The number of benzene rings is 1. The lowest BCUT2D eigenvalue weighted by Gasteiger charge is -2.26. The van der Waals surface area contributed by atoms with Gasteiger partial charge in [-0.15, -0.1) is 0 Å². The number of hydrogen-bond acceptors (Lipinski definition) is 3. The van der Waals surface area contributed by atoms with E-state index in [0.29, 0.717) is 32.1 Å². The summed E-state index contributed by atoms with van der Waals surface area (Å²) in [6.07, 6.45) is 3.42. The second kappa shape index (κ2) is 8.30. The molecular formula is C21H31N3O3. The molecule has 1 unspecified atom stereocenters. The molecule has 1 saturated heterocycles. The minimum atomic E-state index is -0.739. The summed E-state index contributed by atoms with van der Waals surface area (Å²) in [6, 6.07) is 10.6. The van der Waals surface area contributed by atoms with Crippen LogP contribution < -0.4 is 5.32 Å². The number of nitrogens with one attached hydrogen (secondary N) is 1. The average Bonchev–Trinajstić information content (AvgIpc) is 3.21. The summed E-state index contributed by atoms with van der Waals surface area (Å²) in [5.41, 5.74) is 0.569. The van der Waals surface area contributed by atoms with Gasteiger partial charge in [0.15, 0.2) is 0 Å². The van der Waals surface area contributed by atoms with Gasteiger partial charge < -0.3 is 15.3 Å². The van der Waals surface area contributed by atoms with Gasteiger partial charge in [0.05, 0.1) is 5.41 Å². The monoisotopic (exact) mass is 373 g/mol. The fraction of sp³-hybridized carbons (Fsp3) is 0.619. The van der Waals surface area contributed by atoms with Crippen LogP contribution in [-0.2, 0) is 11.3 Å². The van der Waals surface area contributed by atoms with E-state index < -0.39 is 11.4 Å². The molecule has 0 radical (unpaired) electrons. The van der Waals surface area contributed by atoms with Crippen LogP contribution in [0.5, 0.6) is 0 Å². The first-order valence-electron chi connectivity index (χ1n) is 9.93. The fourth-order valence-electron chi connectivity index (χ4n) is 4.54. The van der Waals surface area contributed by atoms with Crippen molar-refractivity contribution in [3.63, 3.8) is 0 Å². The number of nitrogens with zero attached hydrogens (tertiary/aromatic N) is 2. The smallest absolute Gasteiger partial charge is 0.317 e. The Labute approximate surface area is 161 Å². The van der Waals surface area contributed by atoms with Gasteiger partial charge in [0.1, 0.15) is 0 Å². The number of carboxylic acids is 1. The molecule has 0 bridgehead atoms. The SMILES string of the molecule is CC(CCNC(=O)N1C[C@@H]2CCC[C@@]2(C(=O)O)C1)N(C)Cc1ccccc1. The number of urea groups is 1. The van der Waals surface area contributed by atoms with Crippen molar-refractivity contribution in [1.82, 2.24) is 15.1 Å². The summed E-state index contributed by atoms with van der Waals surface area (Å²) < 4.78 is 0. The summed E-state index contributed by atoms with van der Waals surface area (Å²) >= 11 is 0. The number of carbonyl (C=O) groups is 2. The maximum Gasteiger partial charge on any atom is 0.317 e. The first-order valence-corrected chi connectivity index (χ1v) is 9.93. The molecule has 6 heteroatoms. The van der Waals surface area contributed by atoms with Crippen molar-refractivity contribution >= 4 is 12.0 Å². The van der Waals surface area contributed by atoms with Gasteiger partial charge >= 0.3 is 12.0 Å². The summed E-state index contributed by atoms with van der Waals surface area (Å²) in [6.45, 7) is 4.56. The normalized spacial score (nSPS) is 25.4. The minimum absolute atomic E-state index is 0.108. The molecule has 6 nitrogen and oxygen atoms in total. The largest absolute Gasteiger partial charge is 0.481 e. The molecule has 2 amide bonds. The Bertz CT molecular complexity index is 666. The van der Waals surface area contributed by atoms with Crippen LogP contribution >= 0.6 is 0 Å². The Kier molecular flexibility index (Phi) is 6.05. The van der Waals surface area contributed by atoms with Gasteiger partial charge in [0.25, 0.3) is 0 Å². The van der Waals surface area contributed by atoms with E-state index in [9.17, 15) is 14.7 Å². The highest BCUT2D eigenvalue weighted by Gasteiger charge is 2.55. The molecule has 1 aromatic rings. The van der Waals surface area contributed by atoms with Crippen molar-refractivity contribution in [1.29, 1.82) is 0 Å².